The van der Waals surface area contributed by atoms with Gasteiger partial charge in [-0.25, -0.2) is 9.97 Å². The molecule has 13 heavy (non-hydrogen) atoms. The average molecular weight is 195 g/mol. The Kier molecular flexibility index (Phi) is 3.68. The smallest absolute Gasteiger partial charge is 0.126 e. The zero-order valence-corrected chi connectivity index (χ0v) is 8.01. The van der Waals surface area contributed by atoms with Gasteiger partial charge in [-0.15, -0.1) is 11.8 Å². The molecule has 0 radical (unpaired) electrons. The lowest BCUT2D eigenvalue weighted by molar-refractivity contribution is 0.322. The molecule has 1 aromatic rings. The third-order valence-corrected chi connectivity index (χ3v) is 2.30. The number of hydrogen-bond donors (Lipinski definition) is 1. The first-order chi connectivity index (χ1) is 6.27. The number of hydrogen-bond acceptors (Lipinski definition) is 5. The van der Waals surface area contributed by atoms with E-state index in [1.165, 1.54) is 18.0 Å². The predicted octanol–water partition coefficient (Wildman–Crippen LogP) is 0.741. The van der Waals surface area contributed by atoms with Crippen molar-refractivity contribution >= 4 is 11.8 Å². The first kappa shape index (κ1) is 9.96. The van der Waals surface area contributed by atoms with Gasteiger partial charge in [0.2, 0.25) is 0 Å². The number of aryl methyl sites for hydroxylation is 1. The van der Waals surface area contributed by atoms with Crippen LogP contribution < -0.4 is 0 Å². The molecule has 0 atom stereocenters. The first-order valence-corrected chi connectivity index (χ1v) is 4.74. The normalized spacial score (nSPS) is 9.62. The van der Waals surface area contributed by atoms with Crippen LogP contribution in [-0.4, -0.2) is 27.4 Å². The Morgan fingerprint density at radius 3 is 3.08 bits per heavy atom. The molecule has 0 bridgehead atoms. The minimum Gasteiger partial charge on any atom is -0.396 e. The van der Waals surface area contributed by atoms with E-state index in [9.17, 15) is 0 Å². The van der Waals surface area contributed by atoms with Crippen molar-refractivity contribution in [3.63, 3.8) is 0 Å². The van der Waals surface area contributed by atoms with Crippen molar-refractivity contribution in [2.24, 2.45) is 0 Å². The van der Waals surface area contributed by atoms with Crippen molar-refractivity contribution in [3.8, 4) is 6.07 Å². The molecule has 0 aliphatic rings. The van der Waals surface area contributed by atoms with E-state index in [0.29, 0.717) is 22.2 Å². The number of aromatic nitrogens is 2. The number of thioether (sulfide) groups is 1. The van der Waals surface area contributed by atoms with E-state index in [1.54, 1.807) is 6.92 Å². The topological polar surface area (TPSA) is 69.8 Å². The maximum absolute atomic E-state index is 8.70. The summed E-state index contributed by atoms with van der Waals surface area (Å²) < 4.78 is 0. The SMILES string of the molecule is Cc1ncc(C#N)c(SCCO)n1. The monoisotopic (exact) mass is 195 g/mol. The maximum Gasteiger partial charge on any atom is 0.126 e. The quantitative estimate of drug-likeness (QED) is 0.569. The fourth-order valence-corrected chi connectivity index (χ4v) is 1.51. The van der Waals surface area contributed by atoms with Gasteiger partial charge in [-0.3, -0.25) is 0 Å². The molecular formula is C8H9N3OS. The Labute approximate surface area is 80.6 Å². The molecule has 1 N–H and O–H groups in total. The van der Waals surface area contributed by atoms with Gasteiger partial charge in [-0.2, -0.15) is 5.26 Å². The van der Waals surface area contributed by atoms with Crippen LogP contribution in [0.5, 0.6) is 0 Å². The first-order valence-electron chi connectivity index (χ1n) is 3.75. The average Bonchev–Trinajstić information content (AvgIpc) is 2.15. The fourth-order valence-electron chi connectivity index (χ4n) is 0.778. The zero-order chi connectivity index (χ0) is 9.68. The highest BCUT2D eigenvalue weighted by atomic mass is 32.2. The highest BCUT2D eigenvalue weighted by Gasteiger charge is 2.04. The number of nitriles is 1. The highest BCUT2D eigenvalue weighted by molar-refractivity contribution is 7.99. The second-order valence-corrected chi connectivity index (χ2v) is 3.40. The van der Waals surface area contributed by atoms with E-state index in [1.807, 2.05) is 6.07 Å². The van der Waals surface area contributed by atoms with Gasteiger partial charge in [-0.05, 0) is 6.92 Å². The second kappa shape index (κ2) is 4.80. The molecule has 0 amide bonds. The molecule has 1 heterocycles. The minimum atomic E-state index is 0.0819. The van der Waals surface area contributed by atoms with Crippen molar-refractivity contribution in [2.75, 3.05) is 12.4 Å². The molecule has 0 saturated heterocycles. The number of nitrogens with zero attached hydrogens (tertiary/aromatic N) is 3. The highest BCUT2D eigenvalue weighted by Crippen LogP contribution is 2.18. The zero-order valence-electron chi connectivity index (χ0n) is 7.19. The molecule has 1 aromatic heterocycles. The van der Waals surface area contributed by atoms with E-state index in [-0.39, 0.29) is 6.61 Å². The van der Waals surface area contributed by atoms with Crippen LogP contribution in [0.15, 0.2) is 11.2 Å². The Morgan fingerprint density at radius 1 is 1.69 bits per heavy atom. The second-order valence-electron chi connectivity index (χ2n) is 2.32. The molecular weight excluding hydrogens is 186 g/mol. The molecule has 0 spiro atoms. The van der Waals surface area contributed by atoms with Crippen LogP contribution in [0.2, 0.25) is 0 Å². The fraction of sp³-hybridized carbons (Fsp3) is 0.375. The molecule has 0 aliphatic heterocycles. The van der Waals surface area contributed by atoms with Crippen LogP contribution >= 0.6 is 11.8 Å². The molecule has 0 fully saturated rings. The summed E-state index contributed by atoms with van der Waals surface area (Å²) in [6.45, 7) is 1.85. The van der Waals surface area contributed by atoms with E-state index >= 15 is 0 Å². The molecule has 5 heteroatoms. The van der Waals surface area contributed by atoms with Gasteiger partial charge < -0.3 is 5.11 Å². The van der Waals surface area contributed by atoms with Gasteiger partial charge in [0.05, 0.1) is 6.61 Å². The molecule has 4 nitrogen and oxygen atoms in total. The van der Waals surface area contributed by atoms with Crippen LogP contribution in [0.3, 0.4) is 0 Å². The molecule has 68 valence electrons. The number of rotatable bonds is 3. The van der Waals surface area contributed by atoms with Crippen molar-refractivity contribution in [1.82, 2.24) is 9.97 Å². The van der Waals surface area contributed by atoms with Gasteiger partial charge in [0.15, 0.2) is 0 Å². The van der Waals surface area contributed by atoms with Crippen molar-refractivity contribution in [3.05, 3.63) is 17.6 Å². The summed E-state index contributed by atoms with van der Waals surface area (Å²) >= 11 is 1.36. The van der Waals surface area contributed by atoms with Gasteiger partial charge in [0.1, 0.15) is 22.5 Å². The summed E-state index contributed by atoms with van der Waals surface area (Å²) in [5.41, 5.74) is 0.462. The largest absolute Gasteiger partial charge is 0.396 e. The lowest BCUT2D eigenvalue weighted by atomic mass is 10.4. The third kappa shape index (κ3) is 2.68. The number of aliphatic hydroxyl groups excluding tert-OH is 1. The maximum atomic E-state index is 8.70. The van der Waals surface area contributed by atoms with Crippen molar-refractivity contribution < 1.29 is 5.11 Å². The standard InChI is InChI=1S/C8H9N3OS/c1-6-10-5-7(4-9)8(11-6)13-3-2-12/h5,12H,2-3H2,1H3. The third-order valence-electron chi connectivity index (χ3n) is 1.32. The van der Waals surface area contributed by atoms with Crippen LogP contribution in [0, 0.1) is 18.3 Å². The Balaban J connectivity index is 2.89. The van der Waals surface area contributed by atoms with E-state index < -0.39 is 0 Å². The van der Waals surface area contributed by atoms with Crippen LogP contribution in [0.4, 0.5) is 0 Å². The molecule has 0 aromatic carbocycles. The Morgan fingerprint density at radius 2 is 2.46 bits per heavy atom. The molecule has 0 saturated carbocycles. The van der Waals surface area contributed by atoms with E-state index in [0.717, 1.165) is 0 Å². The predicted molar refractivity (Wildman–Crippen MR) is 49.3 cm³/mol. The molecule has 1 rings (SSSR count). The van der Waals surface area contributed by atoms with Gasteiger partial charge in [0.25, 0.3) is 0 Å². The lowest BCUT2D eigenvalue weighted by Crippen LogP contribution is -1.95. The summed E-state index contributed by atoms with van der Waals surface area (Å²) in [5.74, 6) is 1.19. The summed E-state index contributed by atoms with van der Waals surface area (Å²) in [6, 6.07) is 2.00. The Hall–Kier alpha value is -1.12. The molecule has 0 unspecified atom stereocenters. The summed E-state index contributed by atoms with van der Waals surface area (Å²) in [5, 5.41) is 18.0. The lowest BCUT2D eigenvalue weighted by Gasteiger charge is -2.01. The Bertz CT molecular complexity index is 335. The van der Waals surface area contributed by atoms with Crippen LogP contribution in [-0.2, 0) is 0 Å². The number of aliphatic hydroxyl groups is 1. The van der Waals surface area contributed by atoms with Gasteiger partial charge in [0, 0.05) is 11.9 Å². The van der Waals surface area contributed by atoms with E-state index in [2.05, 4.69) is 9.97 Å². The molecule has 0 aliphatic carbocycles. The minimum absolute atomic E-state index is 0.0819. The van der Waals surface area contributed by atoms with E-state index in [4.69, 9.17) is 10.4 Å². The summed E-state index contributed by atoms with van der Waals surface area (Å²) in [7, 11) is 0. The summed E-state index contributed by atoms with van der Waals surface area (Å²) in [6.07, 6.45) is 1.50. The summed E-state index contributed by atoms with van der Waals surface area (Å²) in [4.78, 5) is 8.01. The van der Waals surface area contributed by atoms with Gasteiger partial charge >= 0.3 is 0 Å². The van der Waals surface area contributed by atoms with Gasteiger partial charge in [-0.1, -0.05) is 0 Å². The van der Waals surface area contributed by atoms with Crippen LogP contribution in [0.25, 0.3) is 0 Å². The van der Waals surface area contributed by atoms with Crippen molar-refractivity contribution in [2.45, 2.75) is 11.9 Å². The van der Waals surface area contributed by atoms with Crippen LogP contribution in [0.1, 0.15) is 11.4 Å². The van der Waals surface area contributed by atoms with Crippen molar-refractivity contribution in [1.29, 1.82) is 5.26 Å².